The van der Waals surface area contributed by atoms with Crippen LogP contribution in [0, 0.1) is 6.92 Å². The Morgan fingerprint density at radius 3 is 2.76 bits per heavy atom. The average Bonchev–Trinajstić information content (AvgIpc) is 2.83. The van der Waals surface area contributed by atoms with E-state index in [1.807, 2.05) is 43.3 Å². The first kappa shape index (κ1) is 21.9. The van der Waals surface area contributed by atoms with Crippen LogP contribution in [0.4, 0.5) is 22.1 Å². The first-order chi connectivity index (χ1) is 16.1. The Labute approximate surface area is 195 Å². The fraction of sp³-hybridized carbons (Fsp3) is 0.0417. The van der Waals surface area contributed by atoms with Crippen LogP contribution in [0.2, 0.25) is 5.02 Å². The molecule has 0 aliphatic heterocycles. The van der Waals surface area contributed by atoms with Gasteiger partial charge >= 0.3 is 6.03 Å². The Kier molecular flexibility index (Phi) is 6.87. The van der Waals surface area contributed by atoms with Crippen LogP contribution in [0.1, 0.15) is 11.1 Å². The number of carbonyl (C=O) groups excluding carboxylic acids is 1. The van der Waals surface area contributed by atoms with E-state index in [-0.39, 0.29) is 0 Å². The van der Waals surface area contributed by atoms with E-state index >= 15 is 0 Å². The second-order valence-corrected chi connectivity index (χ2v) is 7.41. The number of amides is 2. The normalized spacial score (nSPS) is 10.7. The molecule has 164 valence electrons. The molecule has 2 aromatic heterocycles. The van der Waals surface area contributed by atoms with E-state index in [9.17, 15) is 4.79 Å². The first-order valence-electron chi connectivity index (χ1n) is 10.0. The molecule has 0 bridgehead atoms. The molecule has 0 unspecified atom stereocenters. The second kappa shape index (κ2) is 10.3. The molecule has 33 heavy (non-hydrogen) atoms. The number of aryl methyl sites for hydroxylation is 1. The summed E-state index contributed by atoms with van der Waals surface area (Å²) < 4.78 is 0. The molecule has 0 saturated carbocycles. The molecule has 0 spiro atoms. The van der Waals surface area contributed by atoms with Gasteiger partial charge in [-0.15, -0.1) is 0 Å². The number of rotatable bonds is 6. The molecule has 0 fully saturated rings. The molecular formula is C24H20ClN7O. The molecule has 8 nitrogen and oxygen atoms in total. The van der Waals surface area contributed by atoms with E-state index in [2.05, 4.69) is 36.1 Å². The van der Waals surface area contributed by atoms with Gasteiger partial charge < -0.3 is 10.6 Å². The van der Waals surface area contributed by atoms with Gasteiger partial charge in [0.25, 0.3) is 0 Å². The van der Waals surface area contributed by atoms with Crippen molar-refractivity contribution < 1.29 is 4.79 Å². The number of hydrazone groups is 1. The number of carbonyl (C=O) groups is 1. The van der Waals surface area contributed by atoms with Crippen LogP contribution < -0.4 is 16.1 Å². The molecule has 0 aliphatic rings. The Balaban J connectivity index is 1.43. The van der Waals surface area contributed by atoms with E-state index in [4.69, 9.17) is 11.6 Å². The van der Waals surface area contributed by atoms with Crippen LogP contribution in [0.5, 0.6) is 0 Å². The maximum Gasteiger partial charge on any atom is 0.339 e. The summed E-state index contributed by atoms with van der Waals surface area (Å²) in [5.41, 5.74) is 7.08. The highest BCUT2D eigenvalue weighted by Gasteiger charge is 2.07. The lowest BCUT2D eigenvalue weighted by atomic mass is 10.2. The fourth-order valence-corrected chi connectivity index (χ4v) is 3.13. The highest BCUT2D eigenvalue weighted by atomic mass is 35.5. The minimum atomic E-state index is -0.483. The summed E-state index contributed by atoms with van der Waals surface area (Å²) in [6.45, 7) is 1.95. The highest BCUT2D eigenvalue weighted by Crippen LogP contribution is 2.24. The lowest BCUT2D eigenvalue weighted by molar-refractivity contribution is 0.252. The predicted molar refractivity (Wildman–Crippen MR) is 131 cm³/mol. The third kappa shape index (κ3) is 5.90. The number of anilines is 3. The molecule has 3 N–H and O–H groups in total. The monoisotopic (exact) mass is 457 g/mol. The molecule has 0 saturated heterocycles. The highest BCUT2D eigenvalue weighted by molar-refractivity contribution is 6.33. The Hall–Kier alpha value is -4.30. The zero-order valence-electron chi connectivity index (χ0n) is 17.7. The molecule has 4 aromatic rings. The number of pyridine rings is 1. The number of hydrogen-bond acceptors (Lipinski definition) is 6. The van der Waals surface area contributed by atoms with Crippen LogP contribution >= 0.6 is 11.6 Å². The molecule has 2 heterocycles. The lowest BCUT2D eigenvalue weighted by Gasteiger charge is -2.12. The molecule has 9 heteroatoms. The predicted octanol–water partition coefficient (Wildman–Crippen LogP) is 5.40. The van der Waals surface area contributed by atoms with Crippen LogP contribution in [0.3, 0.4) is 0 Å². The summed E-state index contributed by atoms with van der Waals surface area (Å²) in [7, 11) is 0. The van der Waals surface area contributed by atoms with Crippen molar-refractivity contribution in [2.24, 2.45) is 5.10 Å². The Morgan fingerprint density at radius 1 is 1.06 bits per heavy atom. The number of nitrogens with one attached hydrogen (secondary N) is 3. The Morgan fingerprint density at radius 2 is 1.94 bits per heavy atom. The van der Waals surface area contributed by atoms with Crippen molar-refractivity contribution in [2.75, 3.05) is 10.6 Å². The molecule has 2 aromatic carbocycles. The first-order valence-corrected chi connectivity index (χ1v) is 10.4. The van der Waals surface area contributed by atoms with Gasteiger partial charge in [0.1, 0.15) is 0 Å². The molecule has 0 atom stereocenters. The van der Waals surface area contributed by atoms with Crippen molar-refractivity contribution in [3.05, 3.63) is 95.4 Å². The fourth-order valence-electron chi connectivity index (χ4n) is 2.95. The maximum absolute atomic E-state index is 12.2. The smallest absolute Gasteiger partial charge is 0.324 e. The topological polar surface area (TPSA) is 104 Å². The summed E-state index contributed by atoms with van der Waals surface area (Å²) in [5, 5.41) is 10.4. The third-order valence-electron chi connectivity index (χ3n) is 4.63. The van der Waals surface area contributed by atoms with E-state index in [0.717, 1.165) is 22.5 Å². The zero-order chi connectivity index (χ0) is 23.0. The van der Waals surface area contributed by atoms with E-state index in [0.29, 0.717) is 22.2 Å². The number of benzene rings is 2. The second-order valence-electron chi connectivity index (χ2n) is 7.01. The van der Waals surface area contributed by atoms with Gasteiger partial charge in [-0.2, -0.15) is 5.10 Å². The van der Waals surface area contributed by atoms with Gasteiger partial charge in [-0.3, -0.25) is 4.98 Å². The summed E-state index contributed by atoms with van der Waals surface area (Å²) >= 11 is 6.07. The van der Waals surface area contributed by atoms with Gasteiger partial charge in [0.05, 0.1) is 11.9 Å². The zero-order valence-corrected chi connectivity index (χ0v) is 18.4. The largest absolute Gasteiger partial charge is 0.339 e. The molecular weight excluding hydrogens is 438 g/mol. The number of aromatic nitrogens is 3. The van der Waals surface area contributed by atoms with E-state index in [1.54, 1.807) is 42.9 Å². The van der Waals surface area contributed by atoms with Crippen LogP contribution in [0.15, 0.2) is 84.4 Å². The van der Waals surface area contributed by atoms with E-state index < -0.39 is 6.03 Å². The van der Waals surface area contributed by atoms with Gasteiger partial charge in [-0.05, 0) is 48.9 Å². The maximum atomic E-state index is 12.2. The van der Waals surface area contributed by atoms with Crippen LogP contribution in [-0.2, 0) is 0 Å². The molecule has 0 aliphatic carbocycles. The van der Waals surface area contributed by atoms with Crippen molar-refractivity contribution >= 4 is 41.2 Å². The standard InChI is InChI=1S/C24H20ClN7O/c1-16-8-9-19(29-24(33)32-28-15-17-5-2-3-7-20(17)25)13-22(16)31-23-27-12-10-21(30-23)18-6-4-11-26-14-18/h2-15H,1H3,(H,27,30,31)(H2,29,32,33)/b28-15+. The van der Waals surface area contributed by atoms with Gasteiger partial charge in [-0.25, -0.2) is 20.2 Å². The van der Waals surface area contributed by atoms with Gasteiger partial charge in [0.15, 0.2) is 0 Å². The average molecular weight is 458 g/mol. The van der Waals surface area contributed by atoms with E-state index in [1.165, 1.54) is 6.21 Å². The quantitative estimate of drug-likeness (QED) is 0.265. The van der Waals surface area contributed by atoms with Gasteiger partial charge in [0, 0.05) is 46.1 Å². The summed E-state index contributed by atoms with van der Waals surface area (Å²) in [4.78, 5) is 25.2. The summed E-state index contributed by atoms with van der Waals surface area (Å²) in [5.74, 6) is 0.436. The van der Waals surface area contributed by atoms with Gasteiger partial charge in [0.2, 0.25) is 5.95 Å². The molecule has 4 rings (SSSR count). The number of hydrogen-bond donors (Lipinski definition) is 3. The SMILES string of the molecule is Cc1ccc(NC(=O)N/N=C/c2ccccc2Cl)cc1Nc1nccc(-c2cccnc2)n1. The van der Waals surface area contributed by atoms with Crippen LogP contribution in [0.25, 0.3) is 11.3 Å². The number of halogens is 1. The third-order valence-corrected chi connectivity index (χ3v) is 4.97. The number of urea groups is 1. The minimum Gasteiger partial charge on any atom is -0.324 e. The van der Waals surface area contributed by atoms with Crippen molar-refractivity contribution in [2.45, 2.75) is 6.92 Å². The summed E-state index contributed by atoms with van der Waals surface area (Å²) in [6, 6.07) is 17.8. The van der Waals surface area contributed by atoms with Crippen molar-refractivity contribution in [1.82, 2.24) is 20.4 Å². The Bertz CT molecular complexity index is 1300. The summed E-state index contributed by atoms with van der Waals surface area (Å²) in [6.07, 6.45) is 6.62. The molecule has 0 radical (unpaired) electrons. The number of nitrogens with zero attached hydrogens (tertiary/aromatic N) is 4. The lowest BCUT2D eigenvalue weighted by Crippen LogP contribution is -2.24. The minimum absolute atomic E-state index is 0.436. The van der Waals surface area contributed by atoms with Crippen molar-refractivity contribution in [3.63, 3.8) is 0 Å². The van der Waals surface area contributed by atoms with Crippen molar-refractivity contribution in [3.8, 4) is 11.3 Å². The molecule has 2 amide bonds. The van der Waals surface area contributed by atoms with Gasteiger partial charge in [-0.1, -0.05) is 35.9 Å². The van der Waals surface area contributed by atoms with Crippen molar-refractivity contribution in [1.29, 1.82) is 0 Å². The van der Waals surface area contributed by atoms with Crippen LogP contribution in [-0.4, -0.2) is 27.2 Å².